The van der Waals surface area contributed by atoms with E-state index >= 15 is 0 Å². The molecule has 0 amide bonds. The predicted molar refractivity (Wildman–Crippen MR) is 140 cm³/mol. The number of nitrogens with two attached hydrogens (primary N) is 2. The molecule has 0 aliphatic carbocycles. The number of benzene rings is 2. The number of halogens is 1. The Morgan fingerprint density at radius 2 is 1.57 bits per heavy atom. The van der Waals surface area contributed by atoms with E-state index in [1.807, 2.05) is 60.7 Å². The van der Waals surface area contributed by atoms with Gasteiger partial charge in [0.05, 0.1) is 18.8 Å². The molecule has 0 saturated carbocycles. The average molecular weight is 541 g/mol. The maximum Gasteiger partial charge on any atom is 0.0812 e. The monoisotopic (exact) mass is 540 g/mol. The molecule has 5 N–H and O–H groups in total. The van der Waals surface area contributed by atoms with Crippen molar-refractivity contribution in [2.24, 2.45) is 0 Å². The molecule has 0 bridgehead atoms. The lowest BCUT2D eigenvalue weighted by molar-refractivity contribution is 0.190. The number of epoxide rings is 1. The van der Waals surface area contributed by atoms with E-state index in [-0.39, 0.29) is 6.10 Å². The standard InChI is InChI=1S/C12H17NOS.C6H6IN.C6H10O/c1-2-3-4-11(14)9-15-12-7-5-10(13)6-8-12;7-5-1-3-6(8)4-2-5;1-2-3-4-6-5-7-6/h2,5-8,11,14H,1,3-4,9,13H2;1-4H,8H2;2,6H,1,3-5H2. The van der Waals surface area contributed by atoms with Crippen LogP contribution in [0.5, 0.6) is 0 Å². The van der Waals surface area contributed by atoms with Crippen molar-refractivity contribution >= 4 is 45.7 Å². The topological polar surface area (TPSA) is 84.8 Å². The lowest BCUT2D eigenvalue weighted by atomic mass is 10.2. The van der Waals surface area contributed by atoms with Gasteiger partial charge in [-0.25, -0.2) is 0 Å². The maximum absolute atomic E-state index is 9.60. The summed E-state index contributed by atoms with van der Waals surface area (Å²) in [4.78, 5) is 1.14. The third-order valence-electron chi connectivity index (χ3n) is 3.99. The Labute approximate surface area is 198 Å². The third kappa shape index (κ3) is 14.5. The fourth-order valence-electron chi connectivity index (χ4n) is 2.15. The summed E-state index contributed by atoms with van der Waals surface area (Å²) < 4.78 is 6.18. The molecule has 1 aliphatic heterocycles. The van der Waals surface area contributed by atoms with Crippen molar-refractivity contribution in [1.82, 2.24) is 0 Å². The molecule has 0 radical (unpaired) electrons. The van der Waals surface area contributed by atoms with Gasteiger partial charge in [-0.05, 0) is 96.8 Å². The van der Waals surface area contributed by atoms with Gasteiger partial charge in [0, 0.05) is 25.6 Å². The molecule has 0 aromatic heterocycles. The Morgan fingerprint density at radius 1 is 1.03 bits per heavy atom. The van der Waals surface area contributed by atoms with E-state index in [2.05, 4.69) is 35.7 Å². The molecule has 2 unspecified atom stereocenters. The van der Waals surface area contributed by atoms with Crippen LogP contribution in [0.2, 0.25) is 0 Å². The highest BCUT2D eigenvalue weighted by atomic mass is 127. The Hall–Kier alpha value is -1.48. The Kier molecular flexibility index (Phi) is 14.4. The molecule has 2 atom stereocenters. The van der Waals surface area contributed by atoms with E-state index in [9.17, 15) is 5.11 Å². The third-order valence-corrected chi connectivity index (χ3v) is 5.87. The van der Waals surface area contributed by atoms with Crippen LogP contribution in [-0.4, -0.2) is 29.7 Å². The molecule has 1 saturated heterocycles. The molecule has 1 fully saturated rings. The summed E-state index contributed by atoms with van der Waals surface area (Å²) in [5.41, 5.74) is 12.6. The van der Waals surface area contributed by atoms with Gasteiger partial charge in [-0.3, -0.25) is 0 Å². The number of nitrogen functional groups attached to an aromatic ring is 2. The van der Waals surface area contributed by atoms with Crippen molar-refractivity contribution < 1.29 is 9.84 Å². The summed E-state index contributed by atoms with van der Waals surface area (Å²) >= 11 is 3.89. The van der Waals surface area contributed by atoms with Crippen molar-refractivity contribution in [3.63, 3.8) is 0 Å². The molecule has 2 aromatic rings. The highest BCUT2D eigenvalue weighted by molar-refractivity contribution is 14.1. The number of ether oxygens (including phenoxy) is 1. The minimum absolute atomic E-state index is 0.259. The fourth-order valence-corrected chi connectivity index (χ4v) is 3.39. The van der Waals surface area contributed by atoms with Gasteiger partial charge in [0.2, 0.25) is 0 Å². The maximum atomic E-state index is 9.60. The van der Waals surface area contributed by atoms with Gasteiger partial charge in [0.15, 0.2) is 0 Å². The first-order valence-electron chi connectivity index (χ1n) is 9.95. The van der Waals surface area contributed by atoms with E-state index < -0.39 is 0 Å². The lowest BCUT2D eigenvalue weighted by Gasteiger charge is -2.08. The van der Waals surface area contributed by atoms with Gasteiger partial charge in [0.25, 0.3) is 0 Å². The number of hydrogen-bond acceptors (Lipinski definition) is 5. The molecular weight excluding hydrogens is 507 g/mol. The molecule has 0 spiro atoms. The van der Waals surface area contributed by atoms with Crippen molar-refractivity contribution in [3.05, 3.63) is 77.4 Å². The first-order valence-corrected chi connectivity index (χ1v) is 12.0. The van der Waals surface area contributed by atoms with Crippen molar-refractivity contribution in [1.29, 1.82) is 0 Å². The number of anilines is 2. The van der Waals surface area contributed by atoms with Gasteiger partial charge in [-0.1, -0.05) is 12.2 Å². The number of hydrogen-bond donors (Lipinski definition) is 3. The second-order valence-corrected chi connectivity index (χ2v) is 9.11. The fraction of sp³-hybridized carbons (Fsp3) is 0.333. The molecule has 4 nitrogen and oxygen atoms in total. The molecule has 30 heavy (non-hydrogen) atoms. The van der Waals surface area contributed by atoms with Crippen LogP contribution in [0.4, 0.5) is 11.4 Å². The number of thioether (sulfide) groups is 1. The summed E-state index contributed by atoms with van der Waals surface area (Å²) in [5.74, 6) is 0.720. The van der Waals surface area contributed by atoms with Crippen LogP contribution in [0.3, 0.4) is 0 Å². The number of allylic oxidation sites excluding steroid dienone is 2. The van der Waals surface area contributed by atoms with Crippen LogP contribution < -0.4 is 11.5 Å². The Morgan fingerprint density at radius 3 is 2.03 bits per heavy atom. The minimum atomic E-state index is -0.259. The van der Waals surface area contributed by atoms with Gasteiger partial charge in [-0.2, -0.15) is 0 Å². The van der Waals surface area contributed by atoms with E-state index in [0.717, 1.165) is 47.9 Å². The van der Waals surface area contributed by atoms with E-state index in [1.165, 1.54) is 9.99 Å². The molecule has 1 heterocycles. The van der Waals surface area contributed by atoms with Gasteiger partial charge >= 0.3 is 0 Å². The van der Waals surface area contributed by atoms with Crippen molar-refractivity contribution in [2.45, 2.75) is 42.8 Å². The largest absolute Gasteiger partial charge is 0.399 e. The second-order valence-electron chi connectivity index (χ2n) is 6.77. The van der Waals surface area contributed by atoms with Crippen LogP contribution in [0.15, 0.2) is 78.7 Å². The van der Waals surface area contributed by atoms with Crippen molar-refractivity contribution in [3.8, 4) is 0 Å². The Bertz CT molecular complexity index is 698. The molecule has 6 heteroatoms. The van der Waals surface area contributed by atoms with E-state index in [4.69, 9.17) is 16.2 Å². The van der Waals surface area contributed by atoms with Crippen LogP contribution in [0, 0.1) is 3.57 Å². The summed E-state index contributed by atoms with van der Waals surface area (Å²) in [7, 11) is 0. The normalized spacial score (nSPS) is 14.9. The summed E-state index contributed by atoms with van der Waals surface area (Å²) in [6, 6.07) is 15.4. The second kappa shape index (κ2) is 16.2. The Balaban J connectivity index is 0.000000250. The SMILES string of the molecule is C=CCCC(O)CSc1ccc(N)cc1.C=CCCC1CO1.Nc1ccc(I)cc1. The zero-order valence-electron chi connectivity index (χ0n) is 17.4. The molecule has 164 valence electrons. The molecule has 2 aromatic carbocycles. The smallest absolute Gasteiger partial charge is 0.0812 e. The van der Waals surface area contributed by atoms with E-state index in [0.29, 0.717) is 6.10 Å². The highest BCUT2D eigenvalue weighted by Crippen LogP contribution is 2.21. The summed E-state index contributed by atoms with van der Waals surface area (Å²) in [6.45, 7) is 8.21. The number of rotatable bonds is 9. The van der Waals surface area contributed by atoms with Crippen LogP contribution >= 0.6 is 34.4 Å². The molecule has 3 rings (SSSR count). The zero-order chi connectivity index (χ0) is 22.2. The van der Waals surface area contributed by atoms with Gasteiger partial charge in [-0.15, -0.1) is 24.9 Å². The number of aliphatic hydroxyl groups is 1. The molecule has 1 aliphatic rings. The number of aliphatic hydroxyl groups excluding tert-OH is 1. The summed E-state index contributed by atoms with van der Waals surface area (Å²) in [5, 5.41) is 9.60. The van der Waals surface area contributed by atoms with Gasteiger partial charge in [0.1, 0.15) is 0 Å². The first-order chi connectivity index (χ1) is 14.4. The van der Waals surface area contributed by atoms with Crippen LogP contribution in [0.25, 0.3) is 0 Å². The highest BCUT2D eigenvalue weighted by Gasteiger charge is 2.20. The first kappa shape index (κ1) is 26.6. The minimum Gasteiger partial charge on any atom is -0.399 e. The van der Waals surface area contributed by atoms with Gasteiger partial charge < -0.3 is 21.3 Å². The van der Waals surface area contributed by atoms with Crippen molar-refractivity contribution in [2.75, 3.05) is 23.8 Å². The van der Waals surface area contributed by atoms with Crippen LogP contribution in [0.1, 0.15) is 25.7 Å². The van der Waals surface area contributed by atoms with Crippen LogP contribution in [-0.2, 0) is 4.74 Å². The molecular formula is C24H33IN2O2S. The predicted octanol–water partition coefficient (Wildman–Crippen LogP) is 5.91. The average Bonchev–Trinajstić information content (AvgIpc) is 3.58. The lowest BCUT2D eigenvalue weighted by Crippen LogP contribution is -2.08. The summed E-state index contributed by atoms with van der Waals surface area (Å²) in [6.07, 6.45) is 8.01. The quantitative estimate of drug-likeness (QED) is 0.121. The zero-order valence-corrected chi connectivity index (χ0v) is 20.4. The van der Waals surface area contributed by atoms with E-state index in [1.54, 1.807) is 11.8 Å².